The molecule has 0 aliphatic heterocycles. The fourth-order valence-corrected chi connectivity index (χ4v) is 9.27. The van der Waals surface area contributed by atoms with Gasteiger partial charge in [0, 0.05) is 9.35 Å². The van der Waals surface area contributed by atoms with Gasteiger partial charge in [-0.15, -0.1) is 22.9 Å². The summed E-state index contributed by atoms with van der Waals surface area (Å²) in [6, 6.07) is 2.14. The first-order valence-corrected chi connectivity index (χ1v) is 10.3. The first kappa shape index (κ1) is 15.0. The van der Waals surface area contributed by atoms with Crippen LogP contribution in [0.2, 0.25) is 0 Å². The Morgan fingerprint density at radius 3 is 2.43 bits per heavy atom. The van der Waals surface area contributed by atoms with E-state index in [2.05, 4.69) is 41.2 Å². The number of hydrogen-bond acceptors (Lipinski definition) is 1. The summed E-state index contributed by atoms with van der Waals surface area (Å²) in [5, 5.41) is 2.33. The molecule has 4 fully saturated rings. The third kappa shape index (κ3) is 2.54. The lowest BCUT2D eigenvalue weighted by molar-refractivity contribution is -0.147. The number of rotatable bonds is 3. The Bertz CT molecular complexity index is 547. The summed E-state index contributed by atoms with van der Waals surface area (Å²) in [7, 11) is 0. The molecule has 3 unspecified atom stereocenters. The molecule has 116 valence electrons. The summed E-state index contributed by atoms with van der Waals surface area (Å²) < 4.78 is 1.20. The number of halogens is 2. The highest BCUT2D eigenvalue weighted by Gasteiger charge is 2.60. The van der Waals surface area contributed by atoms with E-state index in [-0.39, 0.29) is 5.38 Å². The van der Waals surface area contributed by atoms with Gasteiger partial charge in [-0.05, 0) is 94.5 Å². The van der Waals surface area contributed by atoms with Crippen molar-refractivity contribution < 1.29 is 0 Å². The topological polar surface area (TPSA) is 0 Å². The summed E-state index contributed by atoms with van der Waals surface area (Å²) in [5.74, 6) is 0.965. The molecule has 0 spiro atoms. The van der Waals surface area contributed by atoms with Crippen LogP contribution in [-0.4, -0.2) is 0 Å². The minimum atomic E-state index is 0.183. The van der Waals surface area contributed by atoms with Crippen molar-refractivity contribution in [3.8, 4) is 0 Å². The monoisotopic (exact) mass is 386 g/mol. The molecule has 4 aliphatic carbocycles. The maximum atomic E-state index is 6.86. The quantitative estimate of drug-likeness (QED) is 0.482. The molecule has 1 aromatic rings. The van der Waals surface area contributed by atoms with E-state index >= 15 is 0 Å². The molecule has 0 amide bonds. The number of alkyl halides is 1. The van der Waals surface area contributed by atoms with E-state index < -0.39 is 0 Å². The lowest BCUT2D eigenvalue weighted by Crippen LogP contribution is -2.55. The van der Waals surface area contributed by atoms with Crippen LogP contribution in [0.15, 0.2) is 15.9 Å². The Kier molecular flexibility index (Phi) is 3.39. The Hall–Kier alpha value is 0.470. The van der Waals surface area contributed by atoms with Gasteiger partial charge in [-0.2, -0.15) is 0 Å². The predicted octanol–water partition coefficient (Wildman–Crippen LogP) is 7.18. The molecule has 1 aromatic heterocycles. The van der Waals surface area contributed by atoms with Crippen molar-refractivity contribution in [1.29, 1.82) is 0 Å². The molecule has 0 N–H and O–H groups in total. The second kappa shape index (κ2) is 4.74. The van der Waals surface area contributed by atoms with Crippen molar-refractivity contribution in [2.45, 2.75) is 64.2 Å². The summed E-state index contributed by atoms with van der Waals surface area (Å²) in [4.78, 5) is 1.34. The fourth-order valence-electron chi connectivity index (χ4n) is 6.91. The zero-order valence-electron chi connectivity index (χ0n) is 12.9. The van der Waals surface area contributed by atoms with Crippen LogP contribution in [0.4, 0.5) is 0 Å². The molecule has 4 saturated carbocycles. The first-order valence-electron chi connectivity index (χ1n) is 8.18. The van der Waals surface area contributed by atoms with Gasteiger partial charge in [0.25, 0.3) is 0 Å². The van der Waals surface area contributed by atoms with Gasteiger partial charge >= 0.3 is 0 Å². The van der Waals surface area contributed by atoms with E-state index in [1.165, 1.54) is 54.3 Å². The number of thiophene rings is 1. The minimum Gasteiger partial charge on any atom is -0.146 e. The van der Waals surface area contributed by atoms with E-state index in [1.54, 1.807) is 11.3 Å². The van der Waals surface area contributed by atoms with Gasteiger partial charge < -0.3 is 0 Å². The molecule has 0 aromatic carbocycles. The van der Waals surface area contributed by atoms with Gasteiger partial charge in [0.05, 0.1) is 5.38 Å². The van der Waals surface area contributed by atoms with Gasteiger partial charge in [-0.1, -0.05) is 13.8 Å². The molecule has 0 saturated heterocycles. The van der Waals surface area contributed by atoms with Crippen molar-refractivity contribution >= 4 is 38.9 Å². The normalized spacial score (nSPS) is 46.0. The standard InChI is InChI=1S/C18H24BrClS/c1-16-5-12-6-17(2,9-16)11-18(7-12,10-16)8-14(20)15-13(19)3-4-21-15/h3-4,12,14H,5-11H2,1-2H3. The van der Waals surface area contributed by atoms with E-state index in [9.17, 15) is 0 Å². The maximum Gasteiger partial charge on any atom is 0.0695 e. The zero-order chi connectivity index (χ0) is 14.9. The van der Waals surface area contributed by atoms with E-state index in [0.29, 0.717) is 16.2 Å². The van der Waals surface area contributed by atoms with Gasteiger partial charge in [0.1, 0.15) is 0 Å². The van der Waals surface area contributed by atoms with Crippen LogP contribution in [0.5, 0.6) is 0 Å². The van der Waals surface area contributed by atoms with E-state index in [0.717, 1.165) is 5.92 Å². The second-order valence-corrected chi connectivity index (χ2v) is 11.3. The first-order chi connectivity index (χ1) is 9.81. The Labute approximate surface area is 145 Å². The lowest BCUT2D eigenvalue weighted by Gasteiger charge is -2.66. The third-order valence-electron chi connectivity index (χ3n) is 6.28. The average Bonchev–Trinajstić information content (AvgIpc) is 2.69. The van der Waals surface area contributed by atoms with Crippen LogP contribution < -0.4 is 0 Å². The molecular formula is C18H24BrClS. The average molecular weight is 388 g/mol. The zero-order valence-corrected chi connectivity index (χ0v) is 16.1. The fraction of sp³-hybridized carbons (Fsp3) is 0.778. The molecule has 4 aliphatic rings. The molecular weight excluding hydrogens is 364 g/mol. The minimum absolute atomic E-state index is 0.183. The molecule has 21 heavy (non-hydrogen) atoms. The van der Waals surface area contributed by atoms with E-state index in [1.807, 2.05) is 0 Å². The van der Waals surface area contributed by atoms with Crippen molar-refractivity contribution in [1.82, 2.24) is 0 Å². The largest absolute Gasteiger partial charge is 0.146 e. The molecule has 3 atom stereocenters. The number of hydrogen-bond donors (Lipinski definition) is 0. The lowest BCUT2D eigenvalue weighted by atomic mass is 9.40. The highest BCUT2D eigenvalue weighted by molar-refractivity contribution is 9.10. The second-order valence-electron chi connectivity index (χ2n) is 8.93. The molecule has 5 rings (SSSR count). The Morgan fingerprint density at radius 2 is 1.90 bits per heavy atom. The highest BCUT2D eigenvalue weighted by Crippen LogP contribution is 2.71. The third-order valence-corrected chi connectivity index (χ3v) is 8.77. The molecule has 0 nitrogen and oxygen atoms in total. The van der Waals surface area contributed by atoms with Gasteiger partial charge in [0.15, 0.2) is 0 Å². The van der Waals surface area contributed by atoms with Crippen LogP contribution in [-0.2, 0) is 0 Å². The SMILES string of the molecule is CC12CC3CC(C)(C1)CC(CC(Cl)c1sccc1Br)(C3)C2. The van der Waals surface area contributed by atoms with Gasteiger partial charge in [-0.25, -0.2) is 0 Å². The van der Waals surface area contributed by atoms with Crippen molar-refractivity contribution in [2.24, 2.45) is 22.2 Å². The van der Waals surface area contributed by atoms with Crippen molar-refractivity contribution in [3.63, 3.8) is 0 Å². The van der Waals surface area contributed by atoms with Crippen molar-refractivity contribution in [2.75, 3.05) is 0 Å². The van der Waals surface area contributed by atoms with Gasteiger partial charge in [-0.3, -0.25) is 0 Å². The smallest absolute Gasteiger partial charge is 0.0695 e. The van der Waals surface area contributed by atoms with Crippen LogP contribution in [0.1, 0.15) is 69.0 Å². The van der Waals surface area contributed by atoms with Gasteiger partial charge in [0.2, 0.25) is 0 Å². The molecule has 4 bridgehead atoms. The van der Waals surface area contributed by atoms with Crippen LogP contribution in [0.3, 0.4) is 0 Å². The Balaban J connectivity index is 1.61. The Morgan fingerprint density at radius 1 is 1.24 bits per heavy atom. The summed E-state index contributed by atoms with van der Waals surface area (Å²) in [6.45, 7) is 5.10. The summed E-state index contributed by atoms with van der Waals surface area (Å²) >= 11 is 12.3. The molecule has 0 radical (unpaired) electrons. The van der Waals surface area contributed by atoms with E-state index in [4.69, 9.17) is 11.6 Å². The van der Waals surface area contributed by atoms with Crippen LogP contribution in [0, 0.1) is 22.2 Å². The summed E-state index contributed by atoms with van der Waals surface area (Å²) in [6.07, 6.45) is 9.84. The predicted molar refractivity (Wildman–Crippen MR) is 95.1 cm³/mol. The molecule has 3 heteroatoms. The van der Waals surface area contributed by atoms with Crippen LogP contribution >= 0.6 is 38.9 Å². The highest BCUT2D eigenvalue weighted by atomic mass is 79.9. The maximum absolute atomic E-state index is 6.86. The van der Waals surface area contributed by atoms with Crippen molar-refractivity contribution in [3.05, 3.63) is 20.8 Å². The summed E-state index contributed by atoms with van der Waals surface area (Å²) in [5.41, 5.74) is 1.70. The molecule has 1 heterocycles. The van der Waals surface area contributed by atoms with Crippen LogP contribution in [0.25, 0.3) is 0 Å².